The first-order chi connectivity index (χ1) is 9.01. The van der Waals surface area contributed by atoms with Gasteiger partial charge in [-0.05, 0) is 26.1 Å². The Bertz CT molecular complexity index is 647. The minimum absolute atomic E-state index is 0.0115. The molecule has 2 aromatic heterocycles. The van der Waals surface area contributed by atoms with Gasteiger partial charge in [0.15, 0.2) is 5.82 Å². The van der Waals surface area contributed by atoms with Gasteiger partial charge in [-0.15, -0.1) is 11.3 Å². The summed E-state index contributed by atoms with van der Waals surface area (Å²) in [4.78, 5) is 4.89. The first-order valence-electron chi connectivity index (χ1n) is 5.53. The van der Waals surface area contributed by atoms with Gasteiger partial charge in [0.1, 0.15) is 4.21 Å². The van der Waals surface area contributed by atoms with E-state index in [1.807, 2.05) is 7.05 Å². The lowest BCUT2D eigenvalue weighted by atomic mass is 10.5. The molecule has 2 aromatic rings. The van der Waals surface area contributed by atoms with Gasteiger partial charge in [0.2, 0.25) is 5.89 Å². The summed E-state index contributed by atoms with van der Waals surface area (Å²) >= 11 is 1.23. The van der Waals surface area contributed by atoms with Crippen molar-refractivity contribution in [1.29, 1.82) is 0 Å². The molecule has 2 N–H and O–H groups in total. The first kappa shape index (κ1) is 14.1. The van der Waals surface area contributed by atoms with Crippen LogP contribution >= 0.6 is 11.3 Å². The Labute approximate surface area is 115 Å². The third kappa shape index (κ3) is 3.60. The van der Waals surface area contributed by atoms with Crippen molar-refractivity contribution >= 4 is 21.4 Å². The van der Waals surface area contributed by atoms with Crippen molar-refractivity contribution in [3.05, 3.63) is 28.7 Å². The van der Waals surface area contributed by atoms with Crippen molar-refractivity contribution in [1.82, 2.24) is 20.2 Å². The maximum Gasteiger partial charge on any atom is 0.250 e. The van der Waals surface area contributed by atoms with Crippen LogP contribution in [0.4, 0.5) is 0 Å². The zero-order valence-corrected chi connectivity index (χ0v) is 12.1. The fraction of sp³-hybridized carbons (Fsp3) is 0.400. The highest BCUT2D eigenvalue weighted by molar-refractivity contribution is 7.91. The van der Waals surface area contributed by atoms with Crippen LogP contribution in [0.2, 0.25) is 0 Å². The van der Waals surface area contributed by atoms with Crippen molar-refractivity contribution in [2.24, 2.45) is 0 Å². The predicted molar refractivity (Wildman–Crippen MR) is 70.1 cm³/mol. The molecule has 0 unspecified atom stereocenters. The summed E-state index contributed by atoms with van der Waals surface area (Å²) in [6.07, 6.45) is 0. The van der Waals surface area contributed by atoms with Crippen LogP contribution in [0.1, 0.15) is 16.6 Å². The van der Waals surface area contributed by atoms with Crippen molar-refractivity contribution in [2.45, 2.75) is 24.2 Å². The van der Waals surface area contributed by atoms with Crippen LogP contribution in [-0.4, -0.2) is 25.6 Å². The standard InChI is InChI=1S/C10H14N4O3S2/c1-7-13-9(17-14-7)6-12-19(15,16)10-4-3-8(18-10)5-11-2/h3-4,11-12H,5-6H2,1-2H3. The maximum absolute atomic E-state index is 12.0. The van der Waals surface area contributed by atoms with Gasteiger partial charge in [-0.25, -0.2) is 13.1 Å². The second kappa shape index (κ2) is 5.78. The molecule has 0 spiro atoms. The molecule has 0 aromatic carbocycles. The van der Waals surface area contributed by atoms with E-state index in [0.717, 1.165) is 4.88 Å². The third-order valence-corrected chi connectivity index (χ3v) is 5.21. The average Bonchev–Trinajstić information content (AvgIpc) is 2.97. The van der Waals surface area contributed by atoms with Crippen molar-refractivity contribution in [3.63, 3.8) is 0 Å². The van der Waals surface area contributed by atoms with Gasteiger partial charge in [-0.2, -0.15) is 4.98 Å². The highest BCUT2D eigenvalue weighted by Gasteiger charge is 2.17. The first-order valence-corrected chi connectivity index (χ1v) is 7.83. The van der Waals surface area contributed by atoms with E-state index in [2.05, 4.69) is 20.2 Å². The highest BCUT2D eigenvalue weighted by atomic mass is 32.2. The van der Waals surface area contributed by atoms with Gasteiger partial charge in [-0.3, -0.25) is 0 Å². The number of aryl methyl sites for hydroxylation is 1. The Balaban J connectivity index is 2.04. The molecule has 0 aliphatic carbocycles. The number of rotatable bonds is 6. The van der Waals surface area contributed by atoms with Crippen molar-refractivity contribution in [3.8, 4) is 0 Å². The molecule has 7 nitrogen and oxygen atoms in total. The average molecular weight is 302 g/mol. The molecule has 104 valence electrons. The number of thiophene rings is 1. The van der Waals surface area contributed by atoms with E-state index in [9.17, 15) is 8.42 Å². The molecule has 0 atom stereocenters. The topological polar surface area (TPSA) is 97.1 Å². The smallest absolute Gasteiger partial charge is 0.250 e. The normalized spacial score (nSPS) is 11.9. The number of hydrogen-bond acceptors (Lipinski definition) is 7. The Kier molecular flexibility index (Phi) is 4.30. The summed E-state index contributed by atoms with van der Waals surface area (Å²) in [6.45, 7) is 2.30. The Morgan fingerprint density at radius 2 is 2.16 bits per heavy atom. The third-order valence-electron chi connectivity index (χ3n) is 2.24. The van der Waals surface area contributed by atoms with Crippen LogP contribution in [0, 0.1) is 6.92 Å². The van der Waals surface area contributed by atoms with Crippen LogP contribution < -0.4 is 10.0 Å². The van der Waals surface area contributed by atoms with Gasteiger partial charge in [0.05, 0.1) is 6.54 Å². The summed E-state index contributed by atoms with van der Waals surface area (Å²) in [5, 5.41) is 6.56. The second-order valence-electron chi connectivity index (χ2n) is 3.81. The number of hydrogen-bond donors (Lipinski definition) is 2. The van der Waals surface area contributed by atoms with Crippen LogP contribution in [-0.2, 0) is 23.1 Å². The van der Waals surface area contributed by atoms with E-state index in [4.69, 9.17) is 4.52 Å². The van der Waals surface area contributed by atoms with E-state index in [1.165, 1.54) is 11.3 Å². The quantitative estimate of drug-likeness (QED) is 0.812. The molecule has 0 saturated heterocycles. The molecule has 0 fully saturated rings. The van der Waals surface area contributed by atoms with E-state index < -0.39 is 10.0 Å². The number of nitrogens with one attached hydrogen (secondary N) is 2. The lowest BCUT2D eigenvalue weighted by molar-refractivity contribution is 0.372. The summed E-state index contributed by atoms with van der Waals surface area (Å²) in [7, 11) is -1.72. The minimum atomic E-state index is -3.53. The number of sulfonamides is 1. The van der Waals surface area contributed by atoms with Crippen molar-refractivity contribution in [2.75, 3.05) is 7.05 Å². The van der Waals surface area contributed by atoms with Gasteiger partial charge < -0.3 is 9.84 Å². The van der Waals surface area contributed by atoms with Crippen LogP contribution in [0.15, 0.2) is 20.9 Å². The molecule has 2 rings (SSSR count). The molecule has 0 aliphatic rings. The molecule has 0 saturated carbocycles. The van der Waals surface area contributed by atoms with Crippen molar-refractivity contribution < 1.29 is 12.9 Å². The molecule has 19 heavy (non-hydrogen) atoms. The van der Waals surface area contributed by atoms with E-state index in [0.29, 0.717) is 12.4 Å². The molecule has 0 aliphatic heterocycles. The Hall–Kier alpha value is -1.29. The fourth-order valence-corrected chi connectivity index (χ4v) is 3.80. The van der Waals surface area contributed by atoms with E-state index >= 15 is 0 Å². The maximum atomic E-state index is 12.0. The fourth-order valence-electron chi connectivity index (χ4n) is 1.41. The van der Waals surface area contributed by atoms with Crippen LogP contribution in [0.25, 0.3) is 0 Å². The van der Waals surface area contributed by atoms with Gasteiger partial charge in [0.25, 0.3) is 10.0 Å². The SMILES string of the molecule is CNCc1ccc(S(=O)(=O)NCc2nc(C)no2)s1. The molecule has 0 amide bonds. The lowest BCUT2D eigenvalue weighted by Gasteiger charge is -2.01. The van der Waals surface area contributed by atoms with E-state index in [1.54, 1.807) is 19.1 Å². The molecular formula is C10H14N4O3S2. The summed E-state index contributed by atoms with van der Waals surface area (Å²) in [5.41, 5.74) is 0. The largest absolute Gasteiger partial charge is 0.338 e. The zero-order chi connectivity index (χ0) is 13.9. The lowest BCUT2D eigenvalue weighted by Crippen LogP contribution is -2.22. The molecular weight excluding hydrogens is 288 g/mol. The van der Waals surface area contributed by atoms with E-state index in [-0.39, 0.29) is 16.6 Å². The number of aromatic nitrogens is 2. The zero-order valence-electron chi connectivity index (χ0n) is 10.5. The van der Waals surface area contributed by atoms with Crippen LogP contribution in [0.5, 0.6) is 0 Å². The van der Waals surface area contributed by atoms with Gasteiger partial charge in [0, 0.05) is 11.4 Å². The molecule has 0 radical (unpaired) electrons. The number of nitrogens with zero attached hydrogens (tertiary/aromatic N) is 2. The van der Waals surface area contributed by atoms with Crippen LogP contribution in [0.3, 0.4) is 0 Å². The summed E-state index contributed by atoms with van der Waals surface area (Å²) in [6, 6.07) is 3.37. The monoisotopic (exact) mass is 302 g/mol. The second-order valence-corrected chi connectivity index (χ2v) is 6.97. The summed E-state index contributed by atoms with van der Waals surface area (Å²) in [5.74, 6) is 0.717. The highest BCUT2D eigenvalue weighted by Crippen LogP contribution is 2.21. The summed E-state index contributed by atoms with van der Waals surface area (Å²) < 4.78 is 31.6. The minimum Gasteiger partial charge on any atom is -0.338 e. The predicted octanol–water partition coefficient (Wildman–Crippen LogP) is 0.637. The Morgan fingerprint density at radius 3 is 2.79 bits per heavy atom. The van der Waals surface area contributed by atoms with Gasteiger partial charge >= 0.3 is 0 Å². The molecule has 0 bridgehead atoms. The Morgan fingerprint density at radius 1 is 1.37 bits per heavy atom. The molecule has 2 heterocycles. The molecule has 9 heteroatoms. The van der Waals surface area contributed by atoms with Gasteiger partial charge in [-0.1, -0.05) is 5.16 Å².